The summed E-state index contributed by atoms with van der Waals surface area (Å²) in [5.41, 5.74) is 1.48. The molecule has 1 aliphatic heterocycles. The van der Waals surface area contributed by atoms with Gasteiger partial charge in [-0.25, -0.2) is 0 Å². The maximum Gasteiger partial charge on any atom is 0.252 e. The summed E-state index contributed by atoms with van der Waals surface area (Å²) in [6, 6.07) is 13.4. The van der Waals surface area contributed by atoms with E-state index in [0.717, 1.165) is 19.0 Å². The minimum absolute atomic E-state index is 0.164. The van der Waals surface area contributed by atoms with Crippen molar-refractivity contribution in [3.63, 3.8) is 0 Å². The second-order valence-corrected chi connectivity index (χ2v) is 6.80. The predicted octanol–water partition coefficient (Wildman–Crippen LogP) is 2.58. The van der Waals surface area contributed by atoms with Gasteiger partial charge in [0.2, 0.25) is 5.56 Å². The molecule has 25 heavy (non-hydrogen) atoms. The molecule has 1 atom stereocenters. The van der Waals surface area contributed by atoms with Gasteiger partial charge in [0.15, 0.2) is 0 Å². The Hall–Kier alpha value is -2.40. The maximum absolute atomic E-state index is 12.4. The summed E-state index contributed by atoms with van der Waals surface area (Å²) in [4.78, 5) is 28.5. The zero-order valence-electron chi connectivity index (χ0n) is 14.6. The van der Waals surface area contributed by atoms with Gasteiger partial charge in [-0.05, 0) is 43.5 Å². The summed E-state index contributed by atoms with van der Waals surface area (Å²) in [7, 11) is 0. The lowest BCUT2D eigenvalue weighted by Gasteiger charge is -2.37. The fourth-order valence-corrected chi connectivity index (χ4v) is 3.32. The molecule has 5 nitrogen and oxygen atoms in total. The van der Waals surface area contributed by atoms with Crippen molar-refractivity contribution in [1.82, 2.24) is 15.2 Å². The molecule has 0 aliphatic carbocycles. The van der Waals surface area contributed by atoms with Crippen LogP contribution in [0.5, 0.6) is 0 Å². The van der Waals surface area contributed by atoms with E-state index < -0.39 is 0 Å². The zero-order valence-corrected chi connectivity index (χ0v) is 14.6. The van der Waals surface area contributed by atoms with E-state index in [1.54, 1.807) is 6.07 Å². The van der Waals surface area contributed by atoms with Crippen LogP contribution in [-0.2, 0) is 0 Å². The fourth-order valence-electron chi connectivity index (χ4n) is 3.32. The standard InChI is InChI=1S/C20H25N3O2/c1-15-9-11-23(12-10-15)18(16-5-3-2-4-6-16)14-22-20(25)17-7-8-19(24)21-13-17/h2-8,13,15,18H,9-12,14H2,1H3,(H,21,24)(H,22,25). The Morgan fingerprint density at radius 1 is 1.20 bits per heavy atom. The smallest absolute Gasteiger partial charge is 0.252 e. The van der Waals surface area contributed by atoms with E-state index in [4.69, 9.17) is 0 Å². The Bertz CT molecular complexity index is 729. The van der Waals surface area contributed by atoms with Crippen LogP contribution in [0.1, 0.15) is 41.7 Å². The van der Waals surface area contributed by atoms with Crippen LogP contribution in [0, 0.1) is 5.92 Å². The summed E-state index contributed by atoms with van der Waals surface area (Å²) in [6.07, 6.45) is 3.84. The highest BCUT2D eigenvalue weighted by Crippen LogP contribution is 2.26. The van der Waals surface area contributed by atoms with E-state index in [1.807, 2.05) is 18.2 Å². The number of hydrogen-bond acceptors (Lipinski definition) is 3. The molecule has 0 saturated carbocycles. The lowest BCUT2D eigenvalue weighted by molar-refractivity contribution is 0.0912. The van der Waals surface area contributed by atoms with Crippen LogP contribution >= 0.6 is 0 Å². The minimum Gasteiger partial charge on any atom is -0.350 e. The monoisotopic (exact) mass is 339 g/mol. The number of carbonyl (C=O) groups is 1. The van der Waals surface area contributed by atoms with E-state index in [2.05, 4.69) is 34.3 Å². The molecule has 0 spiro atoms. The first kappa shape index (κ1) is 17.4. The van der Waals surface area contributed by atoms with Gasteiger partial charge in [-0.15, -0.1) is 0 Å². The van der Waals surface area contributed by atoms with Crippen molar-refractivity contribution >= 4 is 5.91 Å². The van der Waals surface area contributed by atoms with E-state index >= 15 is 0 Å². The number of pyridine rings is 1. The number of benzene rings is 1. The predicted molar refractivity (Wildman–Crippen MR) is 98.5 cm³/mol. The number of aromatic nitrogens is 1. The van der Waals surface area contributed by atoms with Gasteiger partial charge in [0.25, 0.3) is 5.91 Å². The maximum atomic E-state index is 12.4. The van der Waals surface area contributed by atoms with Crippen LogP contribution in [0.4, 0.5) is 0 Å². The van der Waals surface area contributed by atoms with Crippen molar-refractivity contribution in [3.05, 3.63) is 70.1 Å². The summed E-state index contributed by atoms with van der Waals surface area (Å²) in [5.74, 6) is 0.603. The number of amides is 1. The molecule has 3 rings (SSSR count). The molecule has 1 fully saturated rings. The Labute approximate surface area is 148 Å². The SMILES string of the molecule is CC1CCN(C(CNC(=O)c2ccc(=O)[nH]c2)c2ccccc2)CC1. The molecule has 0 bridgehead atoms. The third-order valence-electron chi connectivity index (χ3n) is 4.95. The molecule has 2 aromatic rings. The fraction of sp³-hybridized carbons (Fsp3) is 0.400. The highest BCUT2D eigenvalue weighted by Gasteiger charge is 2.25. The summed E-state index contributed by atoms with van der Waals surface area (Å²) < 4.78 is 0. The molecular formula is C20H25N3O2. The lowest BCUT2D eigenvalue weighted by atomic mass is 9.95. The number of H-pyrrole nitrogens is 1. The van der Waals surface area contributed by atoms with Crippen LogP contribution in [0.15, 0.2) is 53.5 Å². The number of likely N-dealkylation sites (tertiary alicyclic amines) is 1. The quantitative estimate of drug-likeness (QED) is 0.880. The third-order valence-corrected chi connectivity index (χ3v) is 4.95. The first-order valence-corrected chi connectivity index (χ1v) is 8.89. The Kier molecular flexibility index (Phi) is 5.66. The lowest BCUT2D eigenvalue weighted by Crippen LogP contribution is -2.42. The zero-order chi connectivity index (χ0) is 17.6. The van der Waals surface area contributed by atoms with Crippen LogP contribution in [0.2, 0.25) is 0 Å². The molecule has 5 heteroatoms. The van der Waals surface area contributed by atoms with Crippen molar-refractivity contribution in [2.75, 3.05) is 19.6 Å². The molecule has 0 radical (unpaired) electrons. The molecule has 2 heterocycles. The van der Waals surface area contributed by atoms with Gasteiger partial charge >= 0.3 is 0 Å². The van der Waals surface area contributed by atoms with Gasteiger partial charge in [-0.2, -0.15) is 0 Å². The normalized spacial score (nSPS) is 17.2. The van der Waals surface area contributed by atoms with Gasteiger partial charge in [-0.1, -0.05) is 37.3 Å². The molecule has 132 valence electrons. The first-order valence-electron chi connectivity index (χ1n) is 8.89. The van der Waals surface area contributed by atoms with E-state index in [-0.39, 0.29) is 17.5 Å². The second kappa shape index (κ2) is 8.12. The van der Waals surface area contributed by atoms with Crippen LogP contribution in [-0.4, -0.2) is 35.4 Å². The number of nitrogens with zero attached hydrogens (tertiary/aromatic N) is 1. The molecule has 2 N–H and O–H groups in total. The number of carbonyl (C=O) groups excluding carboxylic acids is 1. The van der Waals surface area contributed by atoms with Crippen LogP contribution < -0.4 is 10.9 Å². The first-order chi connectivity index (χ1) is 12.1. The third kappa shape index (κ3) is 4.57. The molecule has 1 unspecified atom stereocenters. The number of aromatic amines is 1. The Morgan fingerprint density at radius 3 is 2.56 bits per heavy atom. The average molecular weight is 339 g/mol. The molecule has 1 aromatic heterocycles. The second-order valence-electron chi connectivity index (χ2n) is 6.80. The van der Waals surface area contributed by atoms with Crippen LogP contribution in [0.25, 0.3) is 0 Å². The van der Waals surface area contributed by atoms with E-state index in [9.17, 15) is 9.59 Å². The van der Waals surface area contributed by atoms with Gasteiger partial charge < -0.3 is 10.3 Å². The Morgan fingerprint density at radius 2 is 1.92 bits per heavy atom. The number of nitrogens with one attached hydrogen (secondary N) is 2. The summed E-state index contributed by atoms with van der Waals surface area (Å²) in [5, 5.41) is 3.02. The van der Waals surface area contributed by atoms with Crippen molar-refractivity contribution in [2.24, 2.45) is 5.92 Å². The average Bonchev–Trinajstić information content (AvgIpc) is 2.64. The highest BCUT2D eigenvalue weighted by molar-refractivity contribution is 5.93. The highest BCUT2D eigenvalue weighted by atomic mass is 16.1. The molecule has 1 saturated heterocycles. The molecular weight excluding hydrogens is 314 g/mol. The minimum atomic E-state index is -0.207. The topological polar surface area (TPSA) is 65.2 Å². The van der Waals surface area contributed by atoms with Gasteiger partial charge in [0.05, 0.1) is 11.6 Å². The Balaban J connectivity index is 1.70. The van der Waals surface area contributed by atoms with Gasteiger partial charge in [-0.3, -0.25) is 14.5 Å². The van der Waals surface area contributed by atoms with Crippen LogP contribution in [0.3, 0.4) is 0 Å². The number of rotatable bonds is 5. The van der Waals surface area contributed by atoms with Crippen molar-refractivity contribution in [2.45, 2.75) is 25.8 Å². The van der Waals surface area contributed by atoms with E-state index in [0.29, 0.717) is 12.1 Å². The largest absolute Gasteiger partial charge is 0.350 e. The number of hydrogen-bond donors (Lipinski definition) is 2. The van der Waals surface area contributed by atoms with Crippen molar-refractivity contribution in [1.29, 1.82) is 0 Å². The van der Waals surface area contributed by atoms with Gasteiger partial charge in [0, 0.05) is 18.8 Å². The molecule has 1 aromatic carbocycles. The van der Waals surface area contributed by atoms with Gasteiger partial charge in [0.1, 0.15) is 0 Å². The molecule has 1 amide bonds. The molecule has 1 aliphatic rings. The van der Waals surface area contributed by atoms with Crippen molar-refractivity contribution < 1.29 is 4.79 Å². The van der Waals surface area contributed by atoms with Crippen molar-refractivity contribution in [3.8, 4) is 0 Å². The van der Waals surface area contributed by atoms with E-state index in [1.165, 1.54) is 30.7 Å². The summed E-state index contributed by atoms with van der Waals surface area (Å²) >= 11 is 0. The summed E-state index contributed by atoms with van der Waals surface area (Å²) in [6.45, 7) is 4.95. The number of piperidine rings is 1.